The number of hydrogen-bond donors (Lipinski definition) is 2. The number of thioether (sulfide) groups is 1. The van der Waals surface area contributed by atoms with Crippen LogP contribution in [-0.2, 0) is 0 Å². The van der Waals surface area contributed by atoms with E-state index in [0.717, 1.165) is 19.8 Å². The zero-order chi connectivity index (χ0) is 15.4. The monoisotopic (exact) mass is 467 g/mol. The Hall–Kier alpha value is -0.630. The molecule has 0 aliphatic rings. The molecule has 0 radical (unpaired) electrons. The van der Waals surface area contributed by atoms with E-state index in [1.165, 1.54) is 0 Å². The van der Waals surface area contributed by atoms with Crippen LogP contribution in [0, 0.1) is 8.98 Å². The molecule has 0 saturated carbocycles. The molecule has 0 aromatic heterocycles. The lowest BCUT2D eigenvalue weighted by molar-refractivity contribution is 1.21. The summed E-state index contributed by atoms with van der Waals surface area (Å²) in [6.45, 7) is 0. The van der Waals surface area contributed by atoms with Gasteiger partial charge in [-0.25, -0.2) is 0 Å². The topological polar surface area (TPSA) is 39.1 Å². The van der Waals surface area contributed by atoms with Crippen molar-refractivity contribution in [3.05, 3.63) is 51.1 Å². The molecule has 0 heterocycles. The lowest BCUT2D eigenvalue weighted by atomic mass is 10.3. The quantitative estimate of drug-likeness (QED) is 0.268. The Balaban J connectivity index is 0.00000242. The summed E-state index contributed by atoms with van der Waals surface area (Å²) in [5.74, 6) is 0.275. The van der Waals surface area contributed by atoms with Crippen LogP contribution < -0.4 is 10.2 Å². The highest BCUT2D eigenvalue weighted by molar-refractivity contribution is 14.1. The lowest BCUT2D eigenvalue weighted by Gasteiger charge is -2.22. The van der Waals surface area contributed by atoms with Crippen LogP contribution in [0.2, 0.25) is 5.02 Å². The second-order valence-electron chi connectivity index (χ2n) is 4.36. The molecule has 2 rings (SSSR count). The maximum atomic E-state index is 8.21. The zero-order valence-electron chi connectivity index (χ0n) is 12.1. The van der Waals surface area contributed by atoms with Gasteiger partial charge in [0.05, 0.1) is 10.7 Å². The van der Waals surface area contributed by atoms with Crippen molar-refractivity contribution in [1.82, 2.24) is 0 Å². The Morgan fingerprint density at radius 2 is 2.00 bits per heavy atom. The maximum absolute atomic E-state index is 8.21. The van der Waals surface area contributed by atoms with Gasteiger partial charge in [0.15, 0.2) is 5.96 Å². The first-order valence-corrected chi connectivity index (χ1v) is 8.88. The van der Waals surface area contributed by atoms with Crippen molar-refractivity contribution in [1.29, 1.82) is 5.41 Å². The molecule has 2 aromatic rings. The minimum atomic E-state index is 0. The van der Waals surface area contributed by atoms with Crippen LogP contribution in [0.5, 0.6) is 0 Å². The van der Waals surface area contributed by atoms with Crippen molar-refractivity contribution in [2.75, 3.05) is 23.5 Å². The second-order valence-corrected chi connectivity index (χ2v) is 6.89. The molecule has 3 nitrogen and oxygen atoms in total. The third-order valence-electron chi connectivity index (χ3n) is 2.96. The van der Waals surface area contributed by atoms with Crippen LogP contribution in [0.25, 0.3) is 0 Å². The predicted molar refractivity (Wildman–Crippen MR) is 109 cm³/mol. The normalized spacial score (nSPS) is 9.82. The highest BCUT2D eigenvalue weighted by Crippen LogP contribution is 2.27. The van der Waals surface area contributed by atoms with Gasteiger partial charge >= 0.3 is 0 Å². The molecule has 0 aliphatic carbocycles. The summed E-state index contributed by atoms with van der Waals surface area (Å²) in [5, 5.41) is 11.9. The van der Waals surface area contributed by atoms with Gasteiger partial charge in [0.1, 0.15) is 0 Å². The van der Waals surface area contributed by atoms with Gasteiger partial charge in [0.25, 0.3) is 0 Å². The molecule has 7 heteroatoms. The van der Waals surface area contributed by atoms with Gasteiger partial charge in [0, 0.05) is 21.2 Å². The van der Waals surface area contributed by atoms with Crippen LogP contribution in [-0.4, -0.2) is 19.3 Å². The molecule has 0 atom stereocenters. The summed E-state index contributed by atoms with van der Waals surface area (Å²) in [4.78, 5) is 2.89. The van der Waals surface area contributed by atoms with Gasteiger partial charge in [-0.3, -0.25) is 5.41 Å². The van der Waals surface area contributed by atoms with Crippen molar-refractivity contribution in [3.63, 3.8) is 0 Å². The van der Waals surface area contributed by atoms with Crippen molar-refractivity contribution in [2.45, 2.75) is 4.90 Å². The maximum Gasteiger partial charge on any atom is 0.199 e. The summed E-state index contributed by atoms with van der Waals surface area (Å²) in [7, 11) is 1.85. The molecule has 22 heavy (non-hydrogen) atoms. The van der Waals surface area contributed by atoms with Gasteiger partial charge < -0.3 is 10.2 Å². The van der Waals surface area contributed by atoms with Crippen LogP contribution >= 0.6 is 58.4 Å². The highest BCUT2D eigenvalue weighted by Gasteiger charge is 2.10. The van der Waals surface area contributed by atoms with E-state index in [4.69, 9.17) is 17.0 Å². The molecule has 0 fully saturated rings. The zero-order valence-corrected chi connectivity index (χ0v) is 16.6. The van der Waals surface area contributed by atoms with Crippen LogP contribution in [0.1, 0.15) is 0 Å². The average Bonchev–Trinajstić information content (AvgIpc) is 2.48. The van der Waals surface area contributed by atoms with Crippen molar-refractivity contribution >= 4 is 75.7 Å². The van der Waals surface area contributed by atoms with Gasteiger partial charge in [-0.15, -0.1) is 24.2 Å². The molecule has 2 N–H and O–H groups in total. The summed E-state index contributed by atoms with van der Waals surface area (Å²) < 4.78 is 1.13. The van der Waals surface area contributed by atoms with E-state index in [1.807, 2.05) is 55.8 Å². The summed E-state index contributed by atoms with van der Waals surface area (Å²) >= 11 is 10.1. The van der Waals surface area contributed by atoms with E-state index >= 15 is 0 Å². The van der Waals surface area contributed by atoms with Crippen LogP contribution in [0.3, 0.4) is 0 Å². The van der Waals surface area contributed by atoms with Gasteiger partial charge in [-0.1, -0.05) is 17.7 Å². The van der Waals surface area contributed by atoms with Crippen LogP contribution in [0.15, 0.2) is 47.4 Å². The molecular formula is C15H16Cl2IN3S. The SMILES string of the molecule is CSc1ccc(Cl)c(NC(=N)N(C)c2cccc(I)c2)c1.Cl. The Labute approximate surface area is 159 Å². The number of halogens is 3. The fourth-order valence-corrected chi connectivity index (χ4v) is 2.88. The standard InChI is InChI=1S/C15H15ClIN3S.ClH/c1-20(11-5-3-4-10(17)8-11)15(18)19-14-9-12(21-2)6-7-13(14)16;/h3-9H,1-2H3,(H2,18,19);1H. The van der Waals surface area contributed by atoms with E-state index in [9.17, 15) is 0 Å². The molecule has 118 valence electrons. The minimum Gasteiger partial charge on any atom is -0.325 e. The molecule has 0 spiro atoms. The fraction of sp³-hybridized carbons (Fsp3) is 0.133. The summed E-state index contributed by atoms with van der Waals surface area (Å²) in [6.07, 6.45) is 2.01. The van der Waals surface area contributed by atoms with Gasteiger partial charge in [-0.2, -0.15) is 0 Å². The molecule has 2 aromatic carbocycles. The number of hydrogen-bond acceptors (Lipinski definition) is 2. The number of anilines is 2. The van der Waals surface area contributed by atoms with E-state index in [0.29, 0.717) is 5.02 Å². The van der Waals surface area contributed by atoms with Crippen molar-refractivity contribution in [3.8, 4) is 0 Å². The lowest BCUT2D eigenvalue weighted by Crippen LogP contribution is -2.32. The number of nitrogens with one attached hydrogen (secondary N) is 2. The largest absolute Gasteiger partial charge is 0.325 e. The first-order valence-electron chi connectivity index (χ1n) is 6.19. The van der Waals surface area contributed by atoms with E-state index in [2.05, 4.69) is 27.9 Å². The molecule has 0 aliphatic heterocycles. The van der Waals surface area contributed by atoms with E-state index < -0.39 is 0 Å². The number of guanidine groups is 1. The van der Waals surface area contributed by atoms with E-state index in [1.54, 1.807) is 16.7 Å². The van der Waals surface area contributed by atoms with Gasteiger partial charge in [0.2, 0.25) is 0 Å². The highest BCUT2D eigenvalue weighted by atomic mass is 127. The van der Waals surface area contributed by atoms with E-state index in [-0.39, 0.29) is 18.4 Å². The smallest absolute Gasteiger partial charge is 0.199 e. The second kappa shape index (κ2) is 8.86. The van der Waals surface area contributed by atoms with Crippen molar-refractivity contribution in [2.24, 2.45) is 0 Å². The van der Waals surface area contributed by atoms with Gasteiger partial charge in [-0.05, 0) is 65.2 Å². The molecule has 0 amide bonds. The van der Waals surface area contributed by atoms with Crippen LogP contribution in [0.4, 0.5) is 11.4 Å². The number of benzene rings is 2. The third-order valence-corrected chi connectivity index (χ3v) is 4.68. The molecule has 0 unspecified atom stereocenters. The minimum absolute atomic E-state index is 0. The Kier molecular flexibility index (Phi) is 7.82. The molecule has 0 saturated heterocycles. The first-order chi connectivity index (χ1) is 10.0. The number of rotatable bonds is 3. The first kappa shape index (κ1) is 19.4. The third kappa shape index (κ3) is 4.94. The summed E-state index contributed by atoms with van der Waals surface area (Å²) in [6, 6.07) is 13.7. The summed E-state index contributed by atoms with van der Waals surface area (Å²) in [5.41, 5.74) is 1.70. The average molecular weight is 468 g/mol. The Morgan fingerprint density at radius 3 is 2.64 bits per heavy atom. The Bertz CT molecular complexity index is 667. The molecule has 0 bridgehead atoms. The predicted octanol–water partition coefficient (Wildman–Crippen LogP) is 5.57. The van der Waals surface area contributed by atoms with Crippen molar-refractivity contribution < 1.29 is 0 Å². The molecular weight excluding hydrogens is 452 g/mol. The number of nitrogens with zero attached hydrogens (tertiary/aromatic N) is 1. The fourth-order valence-electron chi connectivity index (χ4n) is 1.75. The Morgan fingerprint density at radius 1 is 1.27 bits per heavy atom.